The third-order valence-electron chi connectivity index (χ3n) is 14.4. The zero-order chi connectivity index (χ0) is 44.6. The normalized spacial score (nSPS) is 13.6. The van der Waals surface area contributed by atoms with Gasteiger partial charge in [0, 0.05) is 39.2 Å². The van der Waals surface area contributed by atoms with Crippen LogP contribution in [-0.2, 0) is 5.41 Å². The van der Waals surface area contributed by atoms with Crippen molar-refractivity contribution in [1.29, 1.82) is 0 Å². The highest BCUT2D eigenvalue weighted by Crippen LogP contribution is 2.58. The Bertz CT molecular complexity index is 3570. The number of hydrogen-bond acceptors (Lipinski definition) is 2. The molecule has 0 spiro atoms. The third kappa shape index (κ3) is 5.92. The lowest BCUT2D eigenvalue weighted by molar-refractivity contribution is 0.730. The summed E-state index contributed by atoms with van der Waals surface area (Å²) in [6, 6.07) is 90.2. The van der Waals surface area contributed by atoms with Gasteiger partial charge in [-0.3, -0.25) is 0 Å². The first-order valence-electron chi connectivity index (χ1n) is 23.4. The number of aryl methyl sites for hydroxylation is 2. The summed E-state index contributed by atoms with van der Waals surface area (Å²) >= 11 is 0. The molecule has 0 fully saturated rings. The molecule has 11 aromatic rings. The molecule has 2 aliphatic rings. The van der Waals surface area contributed by atoms with Crippen molar-refractivity contribution in [2.24, 2.45) is 0 Å². The fourth-order valence-corrected chi connectivity index (χ4v) is 11.6. The fourth-order valence-electron chi connectivity index (χ4n) is 11.6. The standard InChI is InChI=1S/C63H46BN3/c1-43-30-37-59-53(40-43)63(45-18-6-3-7-19-45,46-32-39-58-52(42-46)51-24-12-15-27-57(51)65(58)48-20-8-4-9-21-48)54-41-44(2)31-38-60(54)66(59)50-35-33-47(34-36-50)64-55-25-13-16-28-61(55)67(49-22-10-5-11-23-49)62-29-17-14-26-56(62)64/h3-42H,1-2H3. The number of rotatable bonds is 6. The quantitative estimate of drug-likeness (QED) is 0.154. The molecule has 0 N–H and O–H groups in total. The van der Waals surface area contributed by atoms with Crippen molar-refractivity contribution in [2.75, 3.05) is 9.80 Å². The Kier molecular flexibility index (Phi) is 8.98. The Hall–Kier alpha value is -8.34. The van der Waals surface area contributed by atoms with E-state index in [4.69, 9.17) is 0 Å². The monoisotopic (exact) mass is 855 g/mol. The lowest BCUT2D eigenvalue weighted by Gasteiger charge is -2.47. The summed E-state index contributed by atoms with van der Waals surface area (Å²) < 4.78 is 2.41. The largest absolute Gasteiger partial charge is 0.312 e. The highest BCUT2D eigenvalue weighted by atomic mass is 15.2. The molecule has 4 heteroatoms. The molecule has 0 saturated carbocycles. The first kappa shape index (κ1) is 39.1. The molecule has 316 valence electrons. The van der Waals surface area contributed by atoms with E-state index in [9.17, 15) is 0 Å². The molecule has 0 bridgehead atoms. The molecule has 3 nitrogen and oxygen atoms in total. The van der Waals surface area contributed by atoms with E-state index in [1.54, 1.807) is 0 Å². The predicted octanol–water partition coefficient (Wildman–Crippen LogP) is 13.9. The maximum Gasteiger partial charge on any atom is 0.246 e. The number of aromatic nitrogens is 1. The van der Waals surface area contributed by atoms with Crippen LogP contribution in [-0.4, -0.2) is 11.3 Å². The molecule has 0 radical (unpaired) electrons. The minimum Gasteiger partial charge on any atom is -0.312 e. The fraction of sp³-hybridized carbons (Fsp3) is 0.0476. The van der Waals surface area contributed by atoms with Gasteiger partial charge in [-0.2, -0.15) is 0 Å². The van der Waals surface area contributed by atoms with Crippen LogP contribution in [0.4, 0.5) is 34.1 Å². The van der Waals surface area contributed by atoms with E-state index in [0.717, 1.165) is 17.1 Å². The summed E-state index contributed by atoms with van der Waals surface area (Å²) in [6.07, 6.45) is 0. The number of benzene rings is 10. The van der Waals surface area contributed by atoms with Gasteiger partial charge < -0.3 is 14.4 Å². The van der Waals surface area contributed by atoms with E-state index in [-0.39, 0.29) is 6.71 Å². The maximum absolute atomic E-state index is 2.51. The highest BCUT2D eigenvalue weighted by molar-refractivity contribution is 6.98. The smallest absolute Gasteiger partial charge is 0.246 e. The van der Waals surface area contributed by atoms with Crippen molar-refractivity contribution < 1.29 is 0 Å². The summed E-state index contributed by atoms with van der Waals surface area (Å²) in [6.45, 7) is 4.54. The Morgan fingerprint density at radius 2 is 0.836 bits per heavy atom. The van der Waals surface area contributed by atoms with Crippen molar-refractivity contribution in [3.05, 3.63) is 276 Å². The Labute approximate surface area is 392 Å². The topological polar surface area (TPSA) is 11.4 Å². The van der Waals surface area contributed by atoms with Gasteiger partial charge in [0.2, 0.25) is 6.71 Å². The van der Waals surface area contributed by atoms with Gasteiger partial charge in [-0.15, -0.1) is 0 Å². The Morgan fingerprint density at radius 1 is 0.343 bits per heavy atom. The zero-order valence-electron chi connectivity index (χ0n) is 37.5. The summed E-state index contributed by atoms with van der Waals surface area (Å²) in [7, 11) is 0. The van der Waals surface area contributed by atoms with Crippen LogP contribution in [0.25, 0.3) is 27.5 Å². The van der Waals surface area contributed by atoms with Crippen LogP contribution in [0.3, 0.4) is 0 Å². The minimum atomic E-state index is -0.634. The van der Waals surface area contributed by atoms with Crippen LogP contribution in [0.2, 0.25) is 0 Å². The SMILES string of the molecule is Cc1ccc2c(c1)C(c1ccccc1)(c1ccc3c(c1)c1ccccc1n3-c1ccccc1)c1cc(C)ccc1N2c1ccc(B2c3ccccc3N(c3ccccc3)c3ccccc32)cc1. The van der Waals surface area contributed by atoms with Gasteiger partial charge in [-0.25, -0.2) is 0 Å². The highest BCUT2D eigenvalue weighted by Gasteiger charge is 2.47. The van der Waals surface area contributed by atoms with Crippen molar-refractivity contribution in [1.82, 2.24) is 4.57 Å². The van der Waals surface area contributed by atoms with Crippen LogP contribution >= 0.6 is 0 Å². The van der Waals surface area contributed by atoms with Gasteiger partial charge in [0.25, 0.3) is 0 Å². The van der Waals surface area contributed by atoms with E-state index in [2.05, 4.69) is 271 Å². The Balaban J connectivity index is 1.01. The number of para-hydroxylation sites is 5. The van der Waals surface area contributed by atoms with Gasteiger partial charge >= 0.3 is 0 Å². The summed E-state index contributed by atoms with van der Waals surface area (Å²) in [5.74, 6) is 0. The molecule has 0 unspecified atom stereocenters. The molecule has 67 heavy (non-hydrogen) atoms. The van der Waals surface area contributed by atoms with Crippen molar-refractivity contribution >= 4 is 79.0 Å². The number of fused-ring (bicyclic) bond motifs is 7. The van der Waals surface area contributed by atoms with Crippen LogP contribution in [0.15, 0.2) is 243 Å². The molecule has 3 heterocycles. The summed E-state index contributed by atoms with van der Waals surface area (Å²) in [5.41, 5.74) is 21.3. The molecular formula is C63H46BN3. The molecule has 2 aliphatic heterocycles. The molecule has 0 aliphatic carbocycles. The molecule has 1 aromatic heterocycles. The molecule has 10 aromatic carbocycles. The number of anilines is 6. The average Bonchev–Trinajstić information content (AvgIpc) is 3.72. The summed E-state index contributed by atoms with van der Waals surface area (Å²) in [5, 5.41) is 2.49. The van der Waals surface area contributed by atoms with Gasteiger partial charge in [0.15, 0.2) is 0 Å². The lowest BCUT2D eigenvalue weighted by Crippen LogP contribution is -2.57. The van der Waals surface area contributed by atoms with Gasteiger partial charge in [0.05, 0.1) is 27.8 Å². The molecule has 0 amide bonds. The van der Waals surface area contributed by atoms with E-state index in [1.165, 1.54) is 94.3 Å². The third-order valence-corrected chi connectivity index (χ3v) is 14.4. The Morgan fingerprint density at radius 3 is 1.46 bits per heavy atom. The number of hydrogen-bond donors (Lipinski definition) is 0. The van der Waals surface area contributed by atoms with Crippen LogP contribution in [0.1, 0.15) is 33.4 Å². The van der Waals surface area contributed by atoms with E-state index < -0.39 is 5.41 Å². The van der Waals surface area contributed by atoms with E-state index in [1.807, 2.05) is 0 Å². The summed E-state index contributed by atoms with van der Waals surface area (Å²) in [4.78, 5) is 4.92. The van der Waals surface area contributed by atoms with Crippen molar-refractivity contribution in [3.63, 3.8) is 0 Å². The van der Waals surface area contributed by atoms with E-state index >= 15 is 0 Å². The van der Waals surface area contributed by atoms with Gasteiger partial charge in [0.1, 0.15) is 0 Å². The first-order chi connectivity index (χ1) is 33.1. The average molecular weight is 856 g/mol. The second-order valence-electron chi connectivity index (χ2n) is 18.2. The van der Waals surface area contributed by atoms with E-state index in [0.29, 0.717) is 0 Å². The van der Waals surface area contributed by atoms with Gasteiger partial charge in [-0.1, -0.05) is 180 Å². The molecular weight excluding hydrogens is 810 g/mol. The first-order valence-corrected chi connectivity index (χ1v) is 23.4. The number of nitrogens with zero attached hydrogens (tertiary/aromatic N) is 3. The zero-order valence-corrected chi connectivity index (χ0v) is 37.5. The minimum absolute atomic E-state index is 0.0705. The maximum atomic E-state index is 2.51. The second kappa shape index (κ2) is 15.4. The second-order valence-corrected chi connectivity index (χ2v) is 18.2. The molecule has 13 rings (SSSR count). The van der Waals surface area contributed by atoms with Gasteiger partial charge in [-0.05, 0) is 126 Å². The molecule has 0 saturated heterocycles. The van der Waals surface area contributed by atoms with Crippen LogP contribution in [0, 0.1) is 13.8 Å². The van der Waals surface area contributed by atoms with Crippen LogP contribution < -0.4 is 26.2 Å². The van der Waals surface area contributed by atoms with Crippen molar-refractivity contribution in [2.45, 2.75) is 19.3 Å². The van der Waals surface area contributed by atoms with Crippen molar-refractivity contribution in [3.8, 4) is 5.69 Å². The lowest BCUT2D eigenvalue weighted by atomic mass is 9.35. The predicted molar refractivity (Wildman–Crippen MR) is 283 cm³/mol. The molecule has 0 atom stereocenters. The van der Waals surface area contributed by atoms with Crippen LogP contribution in [0.5, 0.6) is 0 Å².